The summed E-state index contributed by atoms with van der Waals surface area (Å²) in [6, 6.07) is 11.6. The second kappa shape index (κ2) is 8.60. The van der Waals surface area contributed by atoms with Crippen LogP contribution in [0.2, 0.25) is 0 Å². The zero-order valence-electron chi connectivity index (χ0n) is 18.1. The van der Waals surface area contributed by atoms with Gasteiger partial charge in [0.1, 0.15) is 6.04 Å². The van der Waals surface area contributed by atoms with Crippen LogP contribution in [0.3, 0.4) is 0 Å². The number of anilines is 2. The third-order valence-electron chi connectivity index (χ3n) is 5.80. The van der Waals surface area contributed by atoms with Gasteiger partial charge in [-0.05, 0) is 55.5 Å². The molecular formula is C24H26N6O. The van der Waals surface area contributed by atoms with E-state index in [2.05, 4.69) is 33.6 Å². The van der Waals surface area contributed by atoms with Crippen molar-refractivity contribution in [3.05, 3.63) is 70.8 Å². The zero-order valence-corrected chi connectivity index (χ0v) is 18.1. The van der Waals surface area contributed by atoms with Crippen LogP contribution in [0.15, 0.2) is 42.7 Å². The normalized spacial score (nSPS) is 15.4. The topological polar surface area (TPSA) is 86.8 Å². The maximum Gasteiger partial charge on any atom is 0.247 e. The summed E-state index contributed by atoms with van der Waals surface area (Å²) in [7, 11) is 1.97. The molecule has 1 aliphatic heterocycles. The lowest BCUT2D eigenvalue weighted by atomic mass is 10.0. The number of aryl methyl sites for hydroxylation is 3. The van der Waals surface area contributed by atoms with Crippen molar-refractivity contribution in [2.75, 3.05) is 17.3 Å². The zero-order chi connectivity index (χ0) is 22.0. The number of rotatable bonds is 6. The molecule has 4 rings (SSSR count). The quantitative estimate of drug-likeness (QED) is 0.667. The minimum Gasteiger partial charge on any atom is -0.361 e. The van der Waals surface area contributed by atoms with E-state index in [1.165, 1.54) is 0 Å². The number of hydrogen-bond acceptors (Lipinski definition) is 5. The highest BCUT2D eigenvalue weighted by Gasteiger charge is 2.30. The first-order valence-corrected chi connectivity index (χ1v) is 10.5. The molecule has 1 aliphatic rings. The number of benzene rings is 1. The number of pyridine rings is 1. The average Bonchev–Trinajstić information content (AvgIpc) is 3.21. The van der Waals surface area contributed by atoms with Gasteiger partial charge in [0, 0.05) is 18.9 Å². The number of hydrogen-bond donors (Lipinski definition) is 1. The summed E-state index contributed by atoms with van der Waals surface area (Å²) >= 11 is 0. The molecule has 7 heteroatoms. The predicted molar refractivity (Wildman–Crippen MR) is 120 cm³/mol. The molecule has 0 spiro atoms. The minimum absolute atomic E-state index is 0.0322. The number of carbonyl (C=O) groups excluding carboxylic acids is 1. The Bertz CT molecular complexity index is 1140. The molecule has 0 aliphatic carbocycles. The Balaban J connectivity index is 1.44. The molecule has 1 atom stereocenters. The number of nitriles is 1. The molecule has 0 bridgehead atoms. The Labute approximate surface area is 182 Å². The first-order chi connectivity index (χ1) is 15.0. The molecule has 0 saturated heterocycles. The van der Waals surface area contributed by atoms with Crippen LogP contribution in [0, 0.1) is 18.3 Å². The van der Waals surface area contributed by atoms with Crippen molar-refractivity contribution in [1.82, 2.24) is 14.8 Å². The molecule has 1 amide bonds. The molecule has 2 aromatic heterocycles. The van der Waals surface area contributed by atoms with Gasteiger partial charge in [0.05, 0.1) is 41.4 Å². The Hall–Kier alpha value is -3.66. The molecule has 158 valence electrons. The van der Waals surface area contributed by atoms with E-state index in [4.69, 9.17) is 10.2 Å². The molecule has 0 radical (unpaired) electrons. The number of nitrogens with one attached hydrogen (secondary N) is 1. The third-order valence-corrected chi connectivity index (χ3v) is 5.80. The molecule has 3 heterocycles. The van der Waals surface area contributed by atoms with Gasteiger partial charge in [0.2, 0.25) is 5.91 Å². The fraction of sp³-hybridized carbons (Fsp3) is 0.333. The Morgan fingerprint density at radius 2 is 1.97 bits per heavy atom. The summed E-state index contributed by atoms with van der Waals surface area (Å²) in [5, 5.41) is 16.4. The number of aromatic nitrogens is 3. The van der Waals surface area contributed by atoms with Crippen molar-refractivity contribution >= 4 is 17.3 Å². The van der Waals surface area contributed by atoms with Gasteiger partial charge in [-0.2, -0.15) is 10.4 Å². The van der Waals surface area contributed by atoms with Crippen molar-refractivity contribution in [2.45, 2.75) is 45.7 Å². The van der Waals surface area contributed by atoms with Gasteiger partial charge in [-0.15, -0.1) is 0 Å². The smallest absolute Gasteiger partial charge is 0.247 e. The molecule has 7 nitrogen and oxygen atoms in total. The molecule has 31 heavy (non-hydrogen) atoms. The fourth-order valence-electron chi connectivity index (χ4n) is 4.06. The maximum atomic E-state index is 12.3. The number of fused-ring (bicyclic) bond motifs is 1. The van der Waals surface area contributed by atoms with Crippen LogP contribution < -0.4 is 10.2 Å². The van der Waals surface area contributed by atoms with Gasteiger partial charge >= 0.3 is 0 Å². The van der Waals surface area contributed by atoms with Gasteiger partial charge in [-0.1, -0.05) is 19.1 Å². The number of likely N-dealkylation sites (N-methyl/N-ethyl adjacent to an activating group) is 1. The number of amides is 1. The van der Waals surface area contributed by atoms with Crippen LogP contribution in [0.4, 0.5) is 11.4 Å². The van der Waals surface area contributed by atoms with Crippen LogP contribution in [0.1, 0.15) is 41.4 Å². The minimum atomic E-state index is -0.150. The maximum absolute atomic E-state index is 12.3. The molecule has 0 fully saturated rings. The molecule has 0 unspecified atom stereocenters. The van der Waals surface area contributed by atoms with E-state index in [0.717, 1.165) is 53.2 Å². The van der Waals surface area contributed by atoms with Gasteiger partial charge in [0.15, 0.2) is 0 Å². The van der Waals surface area contributed by atoms with Crippen molar-refractivity contribution in [2.24, 2.45) is 0 Å². The summed E-state index contributed by atoms with van der Waals surface area (Å²) in [5.74, 6) is 0.0322. The number of nitrogens with zero attached hydrogens (tertiary/aromatic N) is 5. The van der Waals surface area contributed by atoms with Crippen LogP contribution in [-0.4, -0.2) is 33.8 Å². The highest BCUT2D eigenvalue weighted by Crippen LogP contribution is 2.34. The summed E-state index contributed by atoms with van der Waals surface area (Å²) in [4.78, 5) is 19.1. The van der Waals surface area contributed by atoms with Crippen LogP contribution in [0.5, 0.6) is 0 Å². The molecule has 3 aromatic rings. The lowest BCUT2D eigenvalue weighted by molar-refractivity contribution is -0.117. The first-order valence-electron chi connectivity index (χ1n) is 10.5. The summed E-state index contributed by atoms with van der Waals surface area (Å²) in [6.45, 7) is 4.64. The lowest BCUT2D eigenvalue weighted by Gasteiger charge is -2.35. The Morgan fingerprint density at radius 1 is 1.19 bits per heavy atom. The first kappa shape index (κ1) is 20.6. The second-order valence-corrected chi connectivity index (χ2v) is 7.97. The average molecular weight is 415 g/mol. The summed E-state index contributed by atoms with van der Waals surface area (Å²) in [6.07, 6.45) is 6.36. The van der Waals surface area contributed by atoms with E-state index in [9.17, 15) is 4.79 Å². The van der Waals surface area contributed by atoms with Crippen LogP contribution >= 0.6 is 0 Å². The molecule has 0 saturated carbocycles. The number of carbonyl (C=O) groups is 1. The van der Waals surface area contributed by atoms with E-state index < -0.39 is 0 Å². The Kier molecular flexibility index (Phi) is 5.72. The van der Waals surface area contributed by atoms with Crippen molar-refractivity contribution < 1.29 is 4.79 Å². The summed E-state index contributed by atoms with van der Waals surface area (Å²) < 4.78 is 1.91. The lowest BCUT2D eigenvalue weighted by Crippen LogP contribution is -2.46. The van der Waals surface area contributed by atoms with Crippen molar-refractivity contribution in [3.63, 3.8) is 0 Å². The SMILES string of the molecule is CC[C@H]1C(=O)Nc2c(cc(CCc3cnn(Cc4ccc(C#N)cc4)c3)nc2C)N1C. The van der Waals surface area contributed by atoms with E-state index >= 15 is 0 Å². The molecular weight excluding hydrogens is 388 g/mol. The monoisotopic (exact) mass is 414 g/mol. The molecule has 1 aromatic carbocycles. The van der Waals surface area contributed by atoms with E-state index in [-0.39, 0.29) is 11.9 Å². The van der Waals surface area contributed by atoms with Crippen molar-refractivity contribution in [3.8, 4) is 6.07 Å². The summed E-state index contributed by atoms with van der Waals surface area (Å²) in [5.41, 5.74) is 6.62. The van der Waals surface area contributed by atoms with E-state index in [0.29, 0.717) is 12.1 Å². The van der Waals surface area contributed by atoms with Gasteiger partial charge in [-0.3, -0.25) is 14.5 Å². The van der Waals surface area contributed by atoms with Gasteiger partial charge in [0.25, 0.3) is 0 Å². The Morgan fingerprint density at radius 3 is 2.68 bits per heavy atom. The highest BCUT2D eigenvalue weighted by molar-refractivity contribution is 6.04. The van der Waals surface area contributed by atoms with Crippen LogP contribution in [0.25, 0.3) is 0 Å². The van der Waals surface area contributed by atoms with E-state index in [1.807, 2.05) is 56.0 Å². The van der Waals surface area contributed by atoms with Crippen molar-refractivity contribution in [1.29, 1.82) is 5.26 Å². The van der Waals surface area contributed by atoms with Crippen LogP contribution in [-0.2, 0) is 24.2 Å². The van der Waals surface area contributed by atoms with Gasteiger partial charge in [-0.25, -0.2) is 0 Å². The third kappa shape index (κ3) is 4.29. The highest BCUT2D eigenvalue weighted by atomic mass is 16.2. The fourth-order valence-corrected chi connectivity index (χ4v) is 4.06. The standard InChI is InChI=1S/C24H26N6O/c1-4-21-24(31)28-23-16(2)27-20(11-22(23)29(21)3)10-9-19-13-26-30(15-19)14-18-7-5-17(12-25)6-8-18/h5-8,11,13,15,21H,4,9-10,14H2,1-3H3,(H,28,31)/t21-/m0/s1. The van der Waals surface area contributed by atoms with E-state index in [1.54, 1.807) is 0 Å². The predicted octanol–water partition coefficient (Wildman–Crippen LogP) is 3.46. The molecule has 1 N–H and O–H groups in total. The largest absolute Gasteiger partial charge is 0.361 e. The van der Waals surface area contributed by atoms with Gasteiger partial charge < -0.3 is 10.2 Å². The second-order valence-electron chi connectivity index (χ2n) is 7.97.